The van der Waals surface area contributed by atoms with Gasteiger partial charge in [0.15, 0.2) is 28.4 Å². The van der Waals surface area contributed by atoms with Gasteiger partial charge in [-0.3, -0.25) is 24.7 Å². The molecule has 204 valence electrons. The Bertz CT molecular complexity index is 1410. The number of guanidine groups is 1. The van der Waals surface area contributed by atoms with Crippen LogP contribution >= 0.6 is 11.6 Å². The van der Waals surface area contributed by atoms with Crippen LogP contribution < -0.4 is 27.4 Å². The van der Waals surface area contributed by atoms with Crippen molar-refractivity contribution in [2.75, 3.05) is 31.1 Å². The summed E-state index contributed by atoms with van der Waals surface area (Å²) in [6, 6.07) is 5.56. The molecule has 3 amide bonds. The first-order valence-electron chi connectivity index (χ1n) is 12.7. The van der Waals surface area contributed by atoms with Crippen molar-refractivity contribution in [2.45, 2.75) is 44.2 Å². The van der Waals surface area contributed by atoms with Gasteiger partial charge in [0.05, 0.1) is 18.0 Å². The summed E-state index contributed by atoms with van der Waals surface area (Å²) < 4.78 is 0. The van der Waals surface area contributed by atoms with E-state index in [1.807, 2.05) is 43.0 Å². The fourth-order valence-corrected chi connectivity index (χ4v) is 5.25. The van der Waals surface area contributed by atoms with E-state index in [0.29, 0.717) is 44.0 Å². The van der Waals surface area contributed by atoms with Crippen LogP contribution in [0.5, 0.6) is 0 Å². The van der Waals surface area contributed by atoms with Crippen LogP contribution in [0, 0.1) is 0 Å². The molecule has 1 fully saturated rings. The topological polar surface area (TPSA) is 181 Å². The van der Waals surface area contributed by atoms with E-state index in [0.717, 1.165) is 11.1 Å². The predicted molar refractivity (Wildman–Crippen MR) is 148 cm³/mol. The molecule has 1 aromatic carbocycles. The van der Waals surface area contributed by atoms with Crippen molar-refractivity contribution in [1.82, 2.24) is 30.8 Å². The number of amides is 3. The summed E-state index contributed by atoms with van der Waals surface area (Å²) in [4.78, 5) is 52.8. The quantitative estimate of drug-likeness (QED) is 0.377. The molecule has 1 spiro atoms. The van der Waals surface area contributed by atoms with Crippen LogP contribution in [0.3, 0.4) is 0 Å². The number of aliphatic imine (C=N–C) groups is 1. The summed E-state index contributed by atoms with van der Waals surface area (Å²) in [5.74, 6) is -1.06. The summed E-state index contributed by atoms with van der Waals surface area (Å²) in [5, 5.41) is 8.80. The standard InChI is InChI=1S/C26H30ClN9O3/c1-13(2)31-22(37)16-7-6-15-14(16)4-3-5-17(15)24(39)36-10-8-26(9-11-36)12-30-25(35-26)34-23(38)18-20(28)33-21(29)19(27)32-18/h3-7,13,16H,8-12H2,1-2H3,(H,31,37)(H4,28,29,33)(H2,30,34,35,38). The van der Waals surface area contributed by atoms with Crippen LogP contribution in [0.25, 0.3) is 6.08 Å². The number of hydrogen-bond donors (Lipinski definition) is 5. The molecule has 0 radical (unpaired) electrons. The van der Waals surface area contributed by atoms with Crippen molar-refractivity contribution in [3.63, 3.8) is 0 Å². The smallest absolute Gasteiger partial charge is 0.280 e. The highest BCUT2D eigenvalue weighted by Gasteiger charge is 2.41. The lowest BCUT2D eigenvalue weighted by molar-refractivity contribution is -0.122. The van der Waals surface area contributed by atoms with Crippen LogP contribution in [0.2, 0.25) is 5.15 Å². The zero-order valence-electron chi connectivity index (χ0n) is 21.6. The summed E-state index contributed by atoms with van der Waals surface area (Å²) in [5.41, 5.74) is 13.0. The molecule has 13 heteroatoms. The maximum Gasteiger partial charge on any atom is 0.280 e. The van der Waals surface area contributed by atoms with Gasteiger partial charge in [-0.05, 0) is 43.9 Å². The SMILES string of the molecule is CC(C)NC(=O)C1C=Cc2c(C(=O)N3CCC4(CC3)CN=C(NC(=O)c3nc(Cl)c(N)nc3N)N4)cccc21. The number of rotatable bonds is 4. The molecule has 12 nitrogen and oxygen atoms in total. The van der Waals surface area contributed by atoms with Gasteiger partial charge < -0.3 is 27.0 Å². The minimum Gasteiger partial charge on any atom is -0.382 e. The van der Waals surface area contributed by atoms with Gasteiger partial charge in [0.2, 0.25) is 5.91 Å². The molecule has 2 aromatic rings. The molecule has 1 atom stereocenters. The van der Waals surface area contributed by atoms with Crippen LogP contribution in [0.15, 0.2) is 29.3 Å². The van der Waals surface area contributed by atoms with Crippen molar-refractivity contribution in [2.24, 2.45) is 4.99 Å². The number of benzene rings is 1. The highest BCUT2D eigenvalue weighted by molar-refractivity contribution is 6.31. The second-order valence-corrected chi connectivity index (χ2v) is 10.6. The molecule has 2 aliphatic heterocycles. The fourth-order valence-electron chi connectivity index (χ4n) is 5.12. The van der Waals surface area contributed by atoms with E-state index in [9.17, 15) is 14.4 Å². The molecule has 1 aliphatic carbocycles. The maximum atomic E-state index is 13.5. The Morgan fingerprint density at radius 3 is 2.62 bits per heavy atom. The van der Waals surface area contributed by atoms with Crippen LogP contribution in [0.4, 0.5) is 11.6 Å². The lowest BCUT2D eigenvalue weighted by Crippen LogP contribution is -2.57. The third-order valence-corrected chi connectivity index (χ3v) is 7.44. The van der Waals surface area contributed by atoms with Crippen LogP contribution in [0.1, 0.15) is 64.6 Å². The Kier molecular flexibility index (Phi) is 6.89. The first-order valence-corrected chi connectivity index (χ1v) is 13.1. The molecule has 1 unspecified atom stereocenters. The number of nitrogens with zero attached hydrogens (tertiary/aromatic N) is 4. The van der Waals surface area contributed by atoms with E-state index in [-0.39, 0.29) is 45.9 Å². The fraction of sp³-hybridized carbons (Fsp3) is 0.385. The minimum absolute atomic E-state index is 0.0328. The first-order chi connectivity index (χ1) is 18.6. The van der Waals surface area contributed by atoms with Gasteiger partial charge in [-0.15, -0.1) is 0 Å². The van der Waals surface area contributed by atoms with Gasteiger partial charge in [0, 0.05) is 24.7 Å². The van der Waals surface area contributed by atoms with Gasteiger partial charge in [-0.2, -0.15) is 0 Å². The highest BCUT2D eigenvalue weighted by Crippen LogP contribution is 2.34. The molecule has 1 saturated heterocycles. The molecule has 39 heavy (non-hydrogen) atoms. The van der Waals surface area contributed by atoms with Gasteiger partial charge in [0.1, 0.15) is 0 Å². The summed E-state index contributed by atoms with van der Waals surface area (Å²) >= 11 is 5.88. The molecule has 1 aromatic heterocycles. The van der Waals surface area contributed by atoms with E-state index < -0.39 is 11.8 Å². The van der Waals surface area contributed by atoms with E-state index in [2.05, 4.69) is 30.9 Å². The lowest BCUT2D eigenvalue weighted by Gasteiger charge is -2.39. The molecule has 7 N–H and O–H groups in total. The monoisotopic (exact) mass is 551 g/mol. The Morgan fingerprint density at radius 2 is 1.90 bits per heavy atom. The summed E-state index contributed by atoms with van der Waals surface area (Å²) in [7, 11) is 0. The molecular formula is C26H30ClN9O3. The second kappa shape index (κ2) is 10.2. The average Bonchev–Trinajstić information content (AvgIpc) is 3.50. The molecular weight excluding hydrogens is 522 g/mol. The van der Waals surface area contributed by atoms with Crippen LogP contribution in [-0.2, 0) is 4.79 Å². The van der Waals surface area contributed by atoms with Crippen molar-refractivity contribution in [3.05, 3.63) is 51.8 Å². The van der Waals surface area contributed by atoms with Crippen molar-refractivity contribution < 1.29 is 14.4 Å². The molecule has 5 rings (SSSR count). The predicted octanol–water partition coefficient (Wildman–Crippen LogP) is 1.29. The number of aromatic nitrogens is 2. The zero-order valence-corrected chi connectivity index (χ0v) is 22.4. The molecule has 0 bridgehead atoms. The van der Waals surface area contributed by atoms with E-state index in [1.54, 1.807) is 6.07 Å². The number of carbonyl (C=O) groups excluding carboxylic acids is 3. The van der Waals surface area contributed by atoms with E-state index in [4.69, 9.17) is 23.1 Å². The second-order valence-electron chi connectivity index (χ2n) is 10.3. The first kappa shape index (κ1) is 26.4. The molecule has 3 heterocycles. The van der Waals surface area contributed by atoms with Crippen molar-refractivity contribution >= 4 is 53.0 Å². The normalized spacial score (nSPS) is 19.0. The maximum absolute atomic E-state index is 13.5. The lowest BCUT2D eigenvalue weighted by atomic mass is 9.87. The number of hydrogen-bond acceptors (Lipinski definition) is 9. The highest BCUT2D eigenvalue weighted by atomic mass is 35.5. The van der Waals surface area contributed by atoms with E-state index >= 15 is 0 Å². The van der Waals surface area contributed by atoms with Gasteiger partial charge in [0.25, 0.3) is 11.8 Å². The van der Waals surface area contributed by atoms with E-state index in [1.165, 1.54) is 0 Å². The number of halogens is 1. The van der Waals surface area contributed by atoms with Crippen molar-refractivity contribution in [3.8, 4) is 0 Å². The summed E-state index contributed by atoms with van der Waals surface area (Å²) in [6.45, 7) is 5.31. The number of fused-ring (bicyclic) bond motifs is 1. The number of anilines is 2. The Balaban J connectivity index is 1.20. The zero-order chi connectivity index (χ0) is 27.9. The number of piperidine rings is 1. The number of nitrogens with two attached hydrogens (primary N) is 2. The number of nitrogens with one attached hydrogen (secondary N) is 3. The van der Waals surface area contributed by atoms with Gasteiger partial charge >= 0.3 is 0 Å². The molecule has 0 saturated carbocycles. The largest absolute Gasteiger partial charge is 0.382 e. The number of likely N-dealkylation sites (tertiary alicyclic amines) is 1. The van der Waals surface area contributed by atoms with Gasteiger partial charge in [-0.1, -0.05) is 35.9 Å². The van der Waals surface area contributed by atoms with Crippen molar-refractivity contribution in [1.29, 1.82) is 0 Å². The third kappa shape index (κ3) is 5.11. The Labute approximate surface area is 230 Å². The molecule has 3 aliphatic rings. The Morgan fingerprint density at radius 1 is 1.15 bits per heavy atom. The summed E-state index contributed by atoms with van der Waals surface area (Å²) in [6.07, 6.45) is 4.99. The van der Waals surface area contributed by atoms with Gasteiger partial charge in [-0.25, -0.2) is 9.97 Å². The Hall–Kier alpha value is -4.19. The number of nitrogen functional groups attached to an aromatic ring is 2. The average molecular weight is 552 g/mol. The minimum atomic E-state index is -0.607. The van der Waals surface area contributed by atoms with Crippen LogP contribution in [-0.4, -0.2) is 69.8 Å². The number of carbonyl (C=O) groups is 3. The third-order valence-electron chi connectivity index (χ3n) is 7.16.